The molecule has 0 aliphatic carbocycles. The van der Waals surface area contributed by atoms with Crippen molar-refractivity contribution in [3.63, 3.8) is 0 Å². The first kappa shape index (κ1) is 14.3. The van der Waals surface area contributed by atoms with Crippen LogP contribution in [-0.2, 0) is 10.8 Å². The lowest BCUT2D eigenvalue weighted by Gasteiger charge is -2.24. The van der Waals surface area contributed by atoms with Crippen LogP contribution < -0.4 is 0 Å². The molecule has 0 N–H and O–H groups in total. The van der Waals surface area contributed by atoms with Crippen LogP contribution in [-0.4, -0.2) is 34.4 Å². The zero-order valence-corrected chi connectivity index (χ0v) is 12.2. The molecule has 1 unspecified atom stereocenters. The van der Waals surface area contributed by atoms with Gasteiger partial charge in [-0.2, -0.15) is 0 Å². The zero-order valence-electron chi connectivity index (χ0n) is 11.4. The molecule has 0 bridgehead atoms. The predicted molar refractivity (Wildman–Crippen MR) is 77.8 cm³/mol. The minimum Gasteiger partial charge on any atom is -0.339 e. The highest BCUT2D eigenvalue weighted by Gasteiger charge is 2.16. The Bertz CT molecular complexity index is 448. The van der Waals surface area contributed by atoms with E-state index in [-0.39, 0.29) is 5.91 Å². The van der Waals surface area contributed by atoms with Crippen LogP contribution in [0.5, 0.6) is 0 Å². The van der Waals surface area contributed by atoms with Crippen LogP contribution in [0.1, 0.15) is 42.5 Å². The first-order valence-corrected chi connectivity index (χ1v) is 8.47. The molecule has 0 aromatic heterocycles. The van der Waals surface area contributed by atoms with Crippen molar-refractivity contribution in [3.8, 4) is 0 Å². The number of carbonyl (C=O) groups excluding carboxylic acids is 1. The number of amides is 1. The average molecular weight is 279 g/mol. The standard InChI is InChI=1S/C15H21NO2S/c1-19(18)14-9-7-13(8-10-14)15(17)16-11-5-3-2-4-6-12-16/h7-10H,2-6,11-12H2,1H3. The largest absolute Gasteiger partial charge is 0.339 e. The summed E-state index contributed by atoms with van der Waals surface area (Å²) in [4.78, 5) is 15.1. The van der Waals surface area contributed by atoms with Gasteiger partial charge in [0.05, 0.1) is 0 Å². The second-order valence-electron chi connectivity index (χ2n) is 5.04. The van der Waals surface area contributed by atoms with Crippen molar-refractivity contribution >= 4 is 16.7 Å². The third kappa shape index (κ3) is 3.90. The van der Waals surface area contributed by atoms with E-state index in [2.05, 4.69) is 0 Å². The molecule has 1 atom stereocenters. The Hall–Kier alpha value is -1.16. The molecule has 1 fully saturated rings. The molecule has 1 aliphatic heterocycles. The number of likely N-dealkylation sites (tertiary alicyclic amines) is 1. The Labute approximate surface area is 117 Å². The van der Waals surface area contributed by atoms with E-state index in [1.807, 2.05) is 4.90 Å². The van der Waals surface area contributed by atoms with Crippen molar-refractivity contribution in [2.24, 2.45) is 0 Å². The maximum absolute atomic E-state index is 12.4. The Balaban J connectivity index is 2.06. The molecule has 0 radical (unpaired) electrons. The van der Waals surface area contributed by atoms with Gasteiger partial charge in [-0.25, -0.2) is 0 Å². The van der Waals surface area contributed by atoms with Gasteiger partial charge >= 0.3 is 0 Å². The van der Waals surface area contributed by atoms with Gasteiger partial charge in [-0.1, -0.05) is 19.3 Å². The fourth-order valence-electron chi connectivity index (χ4n) is 2.42. The highest BCUT2D eigenvalue weighted by molar-refractivity contribution is 7.84. The number of hydrogen-bond donors (Lipinski definition) is 0. The van der Waals surface area contributed by atoms with Crippen LogP contribution in [0.15, 0.2) is 29.2 Å². The topological polar surface area (TPSA) is 37.4 Å². The molecular formula is C15H21NO2S. The quantitative estimate of drug-likeness (QED) is 0.835. The maximum Gasteiger partial charge on any atom is 0.253 e. The summed E-state index contributed by atoms with van der Waals surface area (Å²) in [5.41, 5.74) is 0.703. The van der Waals surface area contributed by atoms with Crippen LogP contribution in [0.25, 0.3) is 0 Å². The van der Waals surface area contributed by atoms with Gasteiger partial charge < -0.3 is 4.90 Å². The molecule has 4 heteroatoms. The van der Waals surface area contributed by atoms with Crippen molar-refractivity contribution < 1.29 is 9.00 Å². The molecule has 0 saturated carbocycles. The van der Waals surface area contributed by atoms with Gasteiger partial charge in [-0.15, -0.1) is 0 Å². The summed E-state index contributed by atoms with van der Waals surface area (Å²) in [5, 5.41) is 0. The summed E-state index contributed by atoms with van der Waals surface area (Å²) in [6, 6.07) is 7.15. The van der Waals surface area contributed by atoms with Crippen molar-refractivity contribution in [1.29, 1.82) is 0 Å². The summed E-state index contributed by atoms with van der Waals surface area (Å²) < 4.78 is 11.3. The first-order chi connectivity index (χ1) is 9.18. The van der Waals surface area contributed by atoms with E-state index in [0.717, 1.165) is 30.8 Å². The first-order valence-electron chi connectivity index (χ1n) is 6.91. The lowest BCUT2D eigenvalue weighted by molar-refractivity contribution is 0.0742. The van der Waals surface area contributed by atoms with Crippen LogP contribution in [0, 0.1) is 0 Å². The van der Waals surface area contributed by atoms with E-state index in [1.165, 1.54) is 19.3 Å². The summed E-state index contributed by atoms with van der Waals surface area (Å²) >= 11 is 0. The zero-order chi connectivity index (χ0) is 13.7. The van der Waals surface area contributed by atoms with E-state index in [9.17, 15) is 9.00 Å². The minimum absolute atomic E-state index is 0.107. The molecule has 1 aromatic carbocycles. The van der Waals surface area contributed by atoms with Gasteiger partial charge in [-0.3, -0.25) is 9.00 Å². The van der Waals surface area contributed by atoms with Crippen LogP contribution >= 0.6 is 0 Å². The third-order valence-electron chi connectivity index (χ3n) is 3.58. The molecule has 0 spiro atoms. The van der Waals surface area contributed by atoms with Gasteiger partial charge in [0.25, 0.3) is 5.91 Å². The van der Waals surface area contributed by atoms with Gasteiger partial charge in [0.15, 0.2) is 0 Å². The molecule has 2 rings (SSSR count). The highest BCUT2D eigenvalue weighted by atomic mass is 32.2. The summed E-state index contributed by atoms with van der Waals surface area (Å²) in [7, 11) is -0.985. The molecule has 1 heterocycles. The summed E-state index contributed by atoms with van der Waals surface area (Å²) in [6.07, 6.45) is 7.58. The maximum atomic E-state index is 12.4. The molecule has 19 heavy (non-hydrogen) atoms. The lowest BCUT2D eigenvalue weighted by atomic mass is 10.1. The minimum atomic E-state index is -0.985. The highest BCUT2D eigenvalue weighted by Crippen LogP contribution is 2.15. The van der Waals surface area contributed by atoms with Gasteiger partial charge in [0, 0.05) is 40.6 Å². The van der Waals surface area contributed by atoms with E-state index in [1.54, 1.807) is 30.5 Å². The lowest BCUT2D eigenvalue weighted by Crippen LogP contribution is -2.33. The Kier molecular flexibility index (Phi) is 5.14. The van der Waals surface area contributed by atoms with Gasteiger partial charge in [-0.05, 0) is 37.1 Å². The SMILES string of the molecule is CS(=O)c1ccc(C(=O)N2CCCCCCC2)cc1. The van der Waals surface area contributed by atoms with Gasteiger partial charge in [0.1, 0.15) is 0 Å². The van der Waals surface area contributed by atoms with Gasteiger partial charge in [0.2, 0.25) is 0 Å². The molecule has 1 aliphatic rings. The molecule has 104 valence electrons. The molecular weight excluding hydrogens is 258 g/mol. The molecule has 1 saturated heterocycles. The monoisotopic (exact) mass is 279 g/mol. The number of carbonyl (C=O) groups is 1. The van der Waals surface area contributed by atoms with Crippen LogP contribution in [0.3, 0.4) is 0 Å². The second kappa shape index (κ2) is 6.85. The fraction of sp³-hybridized carbons (Fsp3) is 0.533. The van der Waals surface area contributed by atoms with Crippen molar-refractivity contribution in [2.45, 2.75) is 37.0 Å². The van der Waals surface area contributed by atoms with E-state index in [0.29, 0.717) is 5.56 Å². The summed E-state index contributed by atoms with van der Waals surface area (Å²) in [6.45, 7) is 1.72. The smallest absolute Gasteiger partial charge is 0.253 e. The second-order valence-corrected chi connectivity index (χ2v) is 6.42. The Morgan fingerprint density at radius 3 is 2.05 bits per heavy atom. The predicted octanol–water partition coefficient (Wildman–Crippen LogP) is 2.83. The van der Waals surface area contributed by atoms with E-state index >= 15 is 0 Å². The van der Waals surface area contributed by atoms with Crippen LogP contribution in [0.2, 0.25) is 0 Å². The van der Waals surface area contributed by atoms with Crippen molar-refractivity contribution in [1.82, 2.24) is 4.90 Å². The van der Waals surface area contributed by atoms with E-state index < -0.39 is 10.8 Å². The van der Waals surface area contributed by atoms with E-state index in [4.69, 9.17) is 0 Å². The number of benzene rings is 1. The Morgan fingerprint density at radius 2 is 1.53 bits per heavy atom. The van der Waals surface area contributed by atoms with Crippen molar-refractivity contribution in [3.05, 3.63) is 29.8 Å². The normalized spacial score (nSPS) is 18.5. The molecule has 3 nitrogen and oxygen atoms in total. The third-order valence-corrected chi connectivity index (χ3v) is 4.51. The fourth-order valence-corrected chi connectivity index (χ4v) is 2.94. The number of hydrogen-bond acceptors (Lipinski definition) is 2. The number of rotatable bonds is 2. The summed E-state index contributed by atoms with van der Waals surface area (Å²) in [5.74, 6) is 0.107. The van der Waals surface area contributed by atoms with Crippen LogP contribution in [0.4, 0.5) is 0 Å². The number of nitrogens with zero attached hydrogens (tertiary/aromatic N) is 1. The molecule has 1 aromatic rings. The molecule has 1 amide bonds. The van der Waals surface area contributed by atoms with Crippen molar-refractivity contribution in [2.75, 3.05) is 19.3 Å². The average Bonchev–Trinajstić information content (AvgIpc) is 2.38. The Morgan fingerprint density at radius 1 is 1.00 bits per heavy atom.